The molecule has 0 aromatic carbocycles. The second kappa shape index (κ2) is 3.97. The lowest BCUT2D eigenvalue weighted by atomic mass is 9.74. The molecule has 0 aromatic rings. The smallest absolute Gasteiger partial charge is 0.162 e. The maximum atomic E-state index is 9.42. The van der Waals surface area contributed by atoms with Gasteiger partial charge in [-0.3, -0.25) is 0 Å². The van der Waals surface area contributed by atoms with E-state index in [0.717, 1.165) is 37.5 Å². The van der Waals surface area contributed by atoms with Crippen molar-refractivity contribution in [3.05, 3.63) is 0 Å². The third-order valence-electron chi connectivity index (χ3n) is 3.49. The van der Waals surface area contributed by atoms with Crippen LogP contribution in [0.3, 0.4) is 0 Å². The molecule has 0 bridgehead atoms. The van der Waals surface area contributed by atoms with Crippen molar-refractivity contribution < 1.29 is 10.2 Å². The van der Waals surface area contributed by atoms with Crippen molar-refractivity contribution in [1.82, 2.24) is 0 Å². The largest absolute Gasteiger partial charge is 0.366 e. The minimum atomic E-state index is -1.46. The highest BCUT2D eigenvalue weighted by molar-refractivity contribution is 4.80. The second-order valence-corrected chi connectivity index (χ2v) is 4.95. The summed E-state index contributed by atoms with van der Waals surface area (Å²) in [5.74, 6) is 0.160. The van der Waals surface area contributed by atoms with Crippen LogP contribution in [0.2, 0.25) is 0 Å². The van der Waals surface area contributed by atoms with Crippen LogP contribution < -0.4 is 0 Å². The Bertz CT molecular complexity index is 150. The number of hydrogen-bond donors (Lipinski definition) is 2. The van der Waals surface area contributed by atoms with Crippen molar-refractivity contribution >= 4 is 0 Å². The zero-order valence-electron chi connectivity index (χ0n) is 8.95. The summed E-state index contributed by atoms with van der Waals surface area (Å²) in [6, 6.07) is 0. The van der Waals surface area contributed by atoms with Crippen molar-refractivity contribution in [2.45, 2.75) is 52.2 Å². The van der Waals surface area contributed by atoms with Gasteiger partial charge in [-0.25, -0.2) is 0 Å². The molecule has 2 heteroatoms. The van der Waals surface area contributed by atoms with Crippen LogP contribution in [0.25, 0.3) is 0 Å². The van der Waals surface area contributed by atoms with E-state index in [1.807, 2.05) is 0 Å². The first-order chi connectivity index (χ1) is 5.91. The molecule has 0 amide bonds. The molecule has 1 saturated carbocycles. The predicted octanol–water partition coefficient (Wildman–Crippen LogP) is 2.15. The van der Waals surface area contributed by atoms with E-state index in [2.05, 4.69) is 13.8 Å². The van der Waals surface area contributed by atoms with Crippen LogP contribution >= 0.6 is 0 Å². The molecule has 2 nitrogen and oxygen atoms in total. The Balaban J connectivity index is 2.39. The first-order valence-electron chi connectivity index (χ1n) is 5.36. The van der Waals surface area contributed by atoms with Crippen LogP contribution in [0.5, 0.6) is 0 Å². The van der Waals surface area contributed by atoms with E-state index in [1.165, 1.54) is 6.92 Å². The highest BCUT2D eigenvalue weighted by Gasteiger charge is 2.33. The predicted molar refractivity (Wildman–Crippen MR) is 53.1 cm³/mol. The Kier molecular flexibility index (Phi) is 3.36. The summed E-state index contributed by atoms with van der Waals surface area (Å²) in [7, 11) is 0. The SMILES string of the molecule is CC(C)C1CCC(C(C)(O)O)CC1. The number of rotatable bonds is 2. The van der Waals surface area contributed by atoms with E-state index in [0.29, 0.717) is 0 Å². The van der Waals surface area contributed by atoms with Crippen molar-refractivity contribution in [2.75, 3.05) is 0 Å². The fourth-order valence-corrected chi connectivity index (χ4v) is 2.33. The zero-order chi connectivity index (χ0) is 10.1. The van der Waals surface area contributed by atoms with E-state index >= 15 is 0 Å². The van der Waals surface area contributed by atoms with Crippen LogP contribution in [0, 0.1) is 17.8 Å². The normalized spacial score (nSPS) is 30.9. The summed E-state index contributed by atoms with van der Waals surface area (Å²) in [4.78, 5) is 0. The molecule has 0 aliphatic heterocycles. The summed E-state index contributed by atoms with van der Waals surface area (Å²) in [6.45, 7) is 6.01. The summed E-state index contributed by atoms with van der Waals surface area (Å²) in [5, 5.41) is 18.8. The molecule has 1 rings (SSSR count). The van der Waals surface area contributed by atoms with Gasteiger partial charge in [-0.15, -0.1) is 0 Å². The van der Waals surface area contributed by atoms with Gasteiger partial charge in [0.15, 0.2) is 5.79 Å². The molecule has 1 aliphatic carbocycles. The highest BCUT2D eigenvalue weighted by atomic mass is 16.5. The van der Waals surface area contributed by atoms with Crippen molar-refractivity contribution in [1.29, 1.82) is 0 Å². The quantitative estimate of drug-likeness (QED) is 0.649. The molecule has 0 aromatic heterocycles. The monoisotopic (exact) mass is 186 g/mol. The molecule has 0 spiro atoms. The average molecular weight is 186 g/mol. The third-order valence-corrected chi connectivity index (χ3v) is 3.49. The molecular weight excluding hydrogens is 164 g/mol. The Labute approximate surface area is 81.0 Å². The Morgan fingerprint density at radius 1 is 1.08 bits per heavy atom. The maximum absolute atomic E-state index is 9.42. The van der Waals surface area contributed by atoms with Gasteiger partial charge < -0.3 is 10.2 Å². The van der Waals surface area contributed by atoms with Gasteiger partial charge in [0, 0.05) is 5.92 Å². The van der Waals surface area contributed by atoms with E-state index in [1.54, 1.807) is 0 Å². The lowest BCUT2D eigenvalue weighted by molar-refractivity contribution is -0.194. The van der Waals surface area contributed by atoms with Crippen LogP contribution in [-0.2, 0) is 0 Å². The molecule has 0 unspecified atom stereocenters. The molecule has 13 heavy (non-hydrogen) atoms. The van der Waals surface area contributed by atoms with Crippen molar-refractivity contribution in [3.63, 3.8) is 0 Å². The summed E-state index contributed by atoms with van der Waals surface area (Å²) >= 11 is 0. The van der Waals surface area contributed by atoms with Crippen LogP contribution in [0.15, 0.2) is 0 Å². The molecule has 0 radical (unpaired) electrons. The van der Waals surface area contributed by atoms with E-state index in [9.17, 15) is 10.2 Å². The fourth-order valence-electron chi connectivity index (χ4n) is 2.33. The first-order valence-corrected chi connectivity index (χ1v) is 5.36. The summed E-state index contributed by atoms with van der Waals surface area (Å²) in [5.41, 5.74) is 0. The minimum absolute atomic E-state index is 0.0856. The molecule has 0 atom stereocenters. The zero-order valence-corrected chi connectivity index (χ0v) is 8.95. The second-order valence-electron chi connectivity index (χ2n) is 4.95. The lowest BCUT2D eigenvalue weighted by Gasteiger charge is -2.35. The van der Waals surface area contributed by atoms with Crippen LogP contribution in [-0.4, -0.2) is 16.0 Å². The lowest BCUT2D eigenvalue weighted by Crippen LogP contribution is -2.37. The topological polar surface area (TPSA) is 40.5 Å². The minimum Gasteiger partial charge on any atom is -0.366 e. The summed E-state index contributed by atoms with van der Waals surface area (Å²) < 4.78 is 0. The Morgan fingerprint density at radius 3 is 1.85 bits per heavy atom. The first kappa shape index (κ1) is 11.0. The molecule has 1 fully saturated rings. The standard InChI is InChI=1S/C11H22O2/c1-8(2)9-4-6-10(7-5-9)11(3,12)13/h8-10,12-13H,4-7H2,1-3H3. The van der Waals surface area contributed by atoms with Crippen molar-refractivity contribution in [2.24, 2.45) is 17.8 Å². The molecule has 0 heterocycles. The van der Waals surface area contributed by atoms with Crippen LogP contribution in [0.4, 0.5) is 0 Å². The highest BCUT2D eigenvalue weighted by Crippen LogP contribution is 2.37. The van der Waals surface area contributed by atoms with E-state index in [-0.39, 0.29) is 5.92 Å². The number of hydrogen-bond acceptors (Lipinski definition) is 2. The van der Waals surface area contributed by atoms with Gasteiger partial charge in [-0.05, 0) is 44.4 Å². The fraction of sp³-hybridized carbons (Fsp3) is 1.00. The van der Waals surface area contributed by atoms with Gasteiger partial charge in [0.05, 0.1) is 0 Å². The van der Waals surface area contributed by atoms with Crippen molar-refractivity contribution in [3.8, 4) is 0 Å². The van der Waals surface area contributed by atoms with Gasteiger partial charge in [0.2, 0.25) is 0 Å². The summed E-state index contributed by atoms with van der Waals surface area (Å²) in [6.07, 6.45) is 4.23. The molecule has 1 aliphatic rings. The van der Waals surface area contributed by atoms with E-state index < -0.39 is 5.79 Å². The molecule has 78 valence electrons. The molecule has 2 N–H and O–H groups in total. The van der Waals surface area contributed by atoms with Gasteiger partial charge in [0.25, 0.3) is 0 Å². The Morgan fingerprint density at radius 2 is 1.54 bits per heavy atom. The van der Waals surface area contributed by atoms with Gasteiger partial charge in [-0.1, -0.05) is 13.8 Å². The average Bonchev–Trinajstić information content (AvgIpc) is 2.03. The number of aliphatic hydroxyl groups is 2. The third kappa shape index (κ3) is 2.96. The molecular formula is C11H22O2. The van der Waals surface area contributed by atoms with E-state index in [4.69, 9.17) is 0 Å². The van der Waals surface area contributed by atoms with Gasteiger partial charge in [-0.2, -0.15) is 0 Å². The van der Waals surface area contributed by atoms with Gasteiger partial charge in [0.1, 0.15) is 0 Å². The Hall–Kier alpha value is -0.0800. The van der Waals surface area contributed by atoms with Crippen LogP contribution in [0.1, 0.15) is 46.5 Å². The maximum Gasteiger partial charge on any atom is 0.162 e. The molecule has 0 saturated heterocycles. The van der Waals surface area contributed by atoms with Gasteiger partial charge >= 0.3 is 0 Å².